The first kappa shape index (κ1) is 14.4. The molecule has 1 unspecified atom stereocenters. The van der Waals surface area contributed by atoms with Gasteiger partial charge in [0.15, 0.2) is 0 Å². The zero-order valence-electron chi connectivity index (χ0n) is 11.1. The summed E-state index contributed by atoms with van der Waals surface area (Å²) in [7, 11) is 1.87. The van der Waals surface area contributed by atoms with E-state index in [9.17, 15) is 5.11 Å². The number of hydrogen-bond donors (Lipinski definition) is 1. The maximum absolute atomic E-state index is 10.4. The Labute approximate surface area is 122 Å². The van der Waals surface area contributed by atoms with Crippen LogP contribution in [0.15, 0.2) is 18.2 Å². The Hall–Kier alpha value is -1.03. The van der Waals surface area contributed by atoms with Crippen molar-refractivity contribution in [1.29, 1.82) is 0 Å². The van der Waals surface area contributed by atoms with Crippen LogP contribution in [0.25, 0.3) is 0 Å². The second-order valence-corrected chi connectivity index (χ2v) is 5.51. The molecule has 2 rings (SSSR count). The number of aliphatic hydroxyl groups excluding tert-OH is 1. The van der Waals surface area contributed by atoms with Crippen molar-refractivity contribution < 1.29 is 5.11 Å². The molecule has 1 heterocycles. The Kier molecular flexibility index (Phi) is 4.19. The maximum atomic E-state index is 10.4. The molecular weight excluding hydrogens is 283 g/mol. The highest BCUT2D eigenvalue weighted by Gasteiger charge is 2.19. The van der Waals surface area contributed by atoms with Crippen LogP contribution in [0.1, 0.15) is 28.6 Å². The number of rotatable bonds is 3. The van der Waals surface area contributed by atoms with E-state index in [1.54, 1.807) is 22.9 Å². The molecule has 0 saturated carbocycles. The number of aliphatic hydroxyl groups is 1. The highest BCUT2D eigenvalue weighted by molar-refractivity contribution is 6.33. The number of halogens is 2. The predicted octanol–water partition coefficient (Wildman–Crippen LogP) is 3.62. The molecule has 1 N–H and O–H groups in total. The van der Waals surface area contributed by atoms with Crippen LogP contribution in [0.2, 0.25) is 10.0 Å². The minimum Gasteiger partial charge on any atom is -0.388 e. The van der Waals surface area contributed by atoms with E-state index in [4.69, 9.17) is 23.2 Å². The van der Waals surface area contributed by atoms with E-state index in [0.717, 1.165) is 22.5 Å². The van der Waals surface area contributed by atoms with Gasteiger partial charge in [0, 0.05) is 34.8 Å². The number of hydrogen-bond acceptors (Lipinski definition) is 2. The van der Waals surface area contributed by atoms with Gasteiger partial charge in [0.1, 0.15) is 0 Å². The molecule has 5 heteroatoms. The molecule has 0 aliphatic rings. The second kappa shape index (κ2) is 5.53. The quantitative estimate of drug-likeness (QED) is 0.940. The average Bonchev–Trinajstić information content (AvgIpc) is 2.58. The van der Waals surface area contributed by atoms with Crippen molar-refractivity contribution in [3.05, 3.63) is 50.8 Å². The lowest BCUT2D eigenvalue weighted by Crippen LogP contribution is -2.05. The molecule has 2 aromatic rings. The van der Waals surface area contributed by atoms with Crippen molar-refractivity contribution in [2.75, 3.05) is 0 Å². The van der Waals surface area contributed by atoms with Gasteiger partial charge < -0.3 is 5.11 Å². The predicted molar refractivity (Wildman–Crippen MR) is 77.8 cm³/mol. The summed E-state index contributed by atoms with van der Waals surface area (Å²) in [4.78, 5) is 0. The molecule has 1 atom stereocenters. The van der Waals surface area contributed by atoms with Crippen molar-refractivity contribution in [2.24, 2.45) is 7.05 Å². The van der Waals surface area contributed by atoms with Gasteiger partial charge in [-0.2, -0.15) is 5.10 Å². The Morgan fingerprint density at radius 2 is 2.00 bits per heavy atom. The normalized spacial score (nSPS) is 12.7. The van der Waals surface area contributed by atoms with Gasteiger partial charge in [0.2, 0.25) is 0 Å². The summed E-state index contributed by atoms with van der Waals surface area (Å²) in [6.07, 6.45) is -0.211. The second-order valence-electron chi connectivity index (χ2n) is 4.66. The van der Waals surface area contributed by atoms with E-state index in [0.29, 0.717) is 16.5 Å². The molecule has 0 saturated heterocycles. The van der Waals surface area contributed by atoms with Gasteiger partial charge in [0.05, 0.1) is 11.8 Å². The Morgan fingerprint density at radius 3 is 2.58 bits per heavy atom. The van der Waals surface area contributed by atoms with Crippen LogP contribution >= 0.6 is 23.2 Å². The van der Waals surface area contributed by atoms with Crippen LogP contribution in [-0.2, 0) is 13.5 Å². The van der Waals surface area contributed by atoms with Crippen LogP contribution in [0.3, 0.4) is 0 Å². The maximum Gasteiger partial charge on any atom is 0.0866 e. The Balaban J connectivity index is 2.30. The van der Waals surface area contributed by atoms with Gasteiger partial charge in [0.25, 0.3) is 0 Å². The molecule has 1 aromatic carbocycles. The van der Waals surface area contributed by atoms with Crippen molar-refractivity contribution in [1.82, 2.24) is 9.78 Å². The Bertz CT molecular complexity index is 608. The smallest absolute Gasteiger partial charge is 0.0866 e. The highest BCUT2D eigenvalue weighted by atomic mass is 35.5. The van der Waals surface area contributed by atoms with E-state index in [1.165, 1.54) is 0 Å². The number of aryl methyl sites for hydroxylation is 2. The highest BCUT2D eigenvalue weighted by Crippen LogP contribution is 2.28. The summed E-state index contributed by atoms with van der Waals surface area (Å²) < 4.78 is 1.77. The Morgan fingerprint density at radius 1 is 1.32 bits per heavy atom. The first-order valence-electron chi connectivity index (χ1n) is 6.02. The van der Waals surface area contributed by atoms with Gasteiger partial charge >= 0.3 is 0 Å². The van der Waals surface area contributed by atoms with Crippen LogP contribution in [0.4, 0.5) is 0 Å². The van der Waals surface area contributed by atoms with E-state index in [1.807, 2.05) is 20.9 Å². The summed E-state index contributed by atoms with van der Waals surface area (Å²) in [6, 6.07) is 5.27. The third-order valence-corrected chi connectivity index (χ3v) is 3.92. The summed E-state index contributed by atoms with van der Waals surface area (Å²) in [5, 5.41) is 16.0. The molecule has 0 fully saturated rings. The zero-order chi connectivity index (χ0) is 14.2. The summed E-state index contributed by atoms with van der Waals surface area (Å²) in [5.74, 6) is 0. The molecule has 3 nitrogen and oxygen atoms in total. The van der Waals surface area contributed by atoms with E-state index in [-0.39, 0.29) is 0 Å². The van der Waals surface area contributed by atoms with Crippen molar-refractivity contribution in [3.8, 4) is 0 Å². The van der Waals surface area contributed by atoms with Crippen molar-refractivity contribution >= 4 is 23.2 Å². The molecule has 0 amide bonds. The molecule has 0 radical (unpaired) electrons. The summed E-state index contributed by atoms with van der Waals surface area (Å²) in [5.41, 5.74) is 3.50. The number of nitrogens with zero attached hydrogens (tertiary/aromatic N) is 2. The fraction of sp³-hybridized carbons (Fsp3) is 0.357. The molecular formula is C14H16Cl2N2O. The van der Waals surface area contributed by atoms with Gasteiger partial charge in [-0.15, -0.1) is 0 Å². The first-order valence-corrected chi connectivity index (χ1v) is 6.78. The first-order chi connectivity index (χ1) is 8.90. The molecule has 19 heavy (non-hydrogen) atoms. The molecule has 0 aliphatic heterocycles. The minimum atomic E-state index is -0.635. The lowest BCUT2D eigenvalue weighted by atomic mass is 10.00. The van der Waals surface area contributed by atoms with E-state index >= 15 is 0 Å². The monoisotopic (exact) mass is 298 g/mol. The third kappa shape index (κ3) is 2.94. The fourth-order valence-corrected chi connectivity index (χ4v) is 2.67. The largest absolute Gasteiger partial charge is 0.388 e. The van der Waals surface area contributed by atoms with Crippen LogP contribution in [0, 0.1) is 13.8 Å². The zero-order valence-corrected chi connectivity index (χ0v) is 12.6. The standard InChI is InChI=1S/C14H16Cl2N2O/c1-8-14(9(2)18(3)17-8)13(19)7-10-6-11(15)4-5-12(10)16/h4-6,13,19H,7H2,1-3H3. The van der Waals surface area contributed by atoms with E-state index in [2.05, 4.69) is 5.10 Å². The lowest BCUT2D eigenvalue weighted by Gasteiger charge is -2.13. The SMILES string of the molecule is Cc1nn(C)c(C)c1C(O)Cc1cc(Cl)ccc1Cl. The van der Waals surface area contributed by atoms with Crippen LogP contribution < -0.4 is 0 Å². The lowest BCUT2D eigenvalue weighted by molar-refractivity contribution is 0.177. The van der Waals surface area contributed by atoms with Crippen molar-refractivity contribution in [2.45, 2.75) is 26.4 Å². The molecule has 0 bridgehead atoms. The number of aromatic nitrogens is 2. The van der Waals surface area contributed by atoms with Gasteiger partial charge in [-0.3, -0.25) is 4.68 Å². The van der Waals surface area contributed by atoms with Crippen LogP contribution in [-0.4, -0.2) is 14.9 Å². The van der Waals surface area contributed by atoms with Crippen LogP contribution in [0.5, 0.6) is 0 Å². The summed E-state index contributed by atoms with van der Waals surface area (Å²) in [6.45, 7) is 3.84. The molecule has 102 valence electrons. The topological polar surface area (TPSA) is 38.0 Å². The molecule has 0 spiro atoms. The average molecular weight is 299 g/mol. The van der Waals surface area contributed by atoms with Gasteiger partial charge in [-0.05, 0) is 37.6 Å². The number of benzene rings is 1. The van der Waals surface area contributed by atoms with E-state index < -0.39 is 6.10 Å². The van der Waals surface area contributed by atoms with Gasteiger partial charge in [-0.25, -0.2) is 0 Å². The summed E-state index contributed by atoms with van der Waals surface area (Å²) >= 11 is 12.1. The fourth-order valence-electron chi connectivity index (χ4n) is 2.28. The molecule has 0 aliphatic carbocycles. The van der Waals surface area contributed by atoms with Gasteiger partial charge in [-0.1, -0.05) is 23.2 Å². The minimum absolute atomic E-state index is 0.423. The molecule has 1 aromatic heterocycles. The van der Waals surface area contributed by atoms with Crippen molar-refractivity contribution in [3.63, 3.8) is 0 Å². The third-order valence-electron chi connectivity index (χ3n) is 3.32.